The summed E-state index contributed by atoms with van der Waals surface area (Å²) in [6, 6.07) is 12.0. The Hall–Kier alpha value is -3.75. The van der Waals surface area contributed by atoms with Crippen LogP contribution in [0.25, 0.3) is 22.1 Å². The van der Waals surface area contributed by atoms with Crippen molar-refractivity contribution in [3.8, 4) is 5.75 Å². The molecular weight excluding hydrogens is 402 g/mol. The molecule has 9 heteroatoms. The van der Waals surface area contributed by atoms with Crippen molar-refractivity contribution in [1.82, 2.24) is 10.3 Å². The Balaban J connectivity index is 1.66. The van der Waals surface area contributed by atoms with E-state index in [-0.39, 0.29) is 13.0 Å². The van der Waals surface area contributed by atoms with Crippen molar-refractivity contribution < 1.29 is 33.9 Å². The minimum atomic E-state index is -1.55. The van der Waals surface area contributed by atoms with Gasteiger partial charge < -0.3 is 25.1 Å². The number of aliphatic carboxylic acids is 2. The van der Waals surface area contributed by atoms with Crippen molar-refractivity contribution in [3.05, 3.63) is 42.5 Å². The van der Waals surface area contributed by atoms with Crippen LogP contribution >= 0.6 is 0 Å². The van der Waals surface area contributed by atoms with E-state index >= 15 is 0 Å². The molecule has 1 amide bonds. The molecule has 0 bridgehead atoms. The lowest BCUT2D eigenvalue weighted by atomic mass is 10.2. The average Bonchev–Trinajstić information content (AvgIpc) is 2.74. The average molecular weight is 425 g/mol. The van der Waals surface area contributed by atoms with Gasteiger partial charge in [0.1, 0.15) is 18.1 Å². The molecule has 2 aromatic carbocycles. The molecule has 1 heterocycles. The van der Waals surface area contributed by atoms with Crippen molar-refractivity contribution >= 4 is 39.9 Å². The lowest BCUT2D eigenvalue weighted by molar-refractivity contribution is -0.641. The topological polar surface area (TPSA) is 133 Å². The number of amides is 1. The van der Waals surface area contributed by atoms with E-state index in [2.05, 4.69) is 16.8 Å². The van der Waals surface area contributed by atoms with Gasteiger partial charge in [-0.15, -0.1) is 0 Å². The number of ether oxygens (including phenoxy) is 1. The molecule has 0 saturated heterocycles. The minimum Gasteiger partial charge on any atom is -0.550 e. The molecule has 1 atom stereocenters. The maximum absolute atomic E-state index is 11.9. The normalized spacial score (nSPS) is 11.9. The quantitative estimate of drug-likeness (QED) is 0.276. The number of benzene rings is 2. The van der Waals surface area contributed by atoms with E-state index in [9.17, 15) is 19.5 Å². The molecule has 0 aliphatic heterocycles. The number of carboxylic acids is 2. The predicted octanol–water partition coefficient (Wildman–Crippen LogP) is 0.564. The Kier molecular flexibility index (Phi) is 6.96. The van der Waals surface area contributed by atoms with E-state index in [0.29, 0.717) is 17.7 Å². The summed E-state index contributed by atoms with van der Waals surface area (Å²) >= 11 is 0. The molecule has 162 valence electrons. The van der Waals surface area contributed by atoms with Gasteiger partial charge in [-0.1, -0.05) is 18.2 Å². The highest BCUT2D eigenvalue weighted by Crippen LogP contribution is 2.24. The highest BCUT2D eigenvalue weighted by atomic mass is 16.5. The molecule has 0 radical (unpaired) electrons. The maximum Gasteiger partial charge on any atom is 0.326 e. The first kappa shape index (κ1) is 21.9. The number of carbonyl (C=O) groups excluding carboxylic acids is 2. The number of rotatable bonds is 10. The molecule has 3 aromatic rings. The molecule has 3 rings (SSSR count). The molecule has 1 aromatic heterocycles. The van der Waals surface area contributed by atoms with Crippen LogP contribution in [-0.4, -0.2) is 40.6 Å². The van der Waals surface area contributed by atoms with Crippen LogP contribution in [0.5, 0.6) is 5.75 Å². The van der Waals surface area contributed by atoms with Gasteiger partial charge in [-0.05, 0) is 25.5 Å². The lowest BCUT2D eigenvalue weighted by Crippen LogP contribution is -2.44. The minimum absolute atomic E-state index is 0.00703. The van der Waals surface area contributed by atoms with E-state index < -0.39 is 30.3 Å². The molecular formula is C22H23N3O6. The number of carboxylic acid groups (broad SMARTS) is 2. The van der Waals surface area contributed by atoms with E-state index in [1.54, 1.807) is 0 Å². The van der Waals surface area contributed by atoms with E-state index in [1.165, 1.54) is 0 Å². The van der Waals surface area contributed by atoms with Crippen LogP contribution in [0.15, 0.2) is 42.5 Å². The van der Waals surface area contributed by atoms with Gasteiger partial charge in [0.15, 0.2) is 11.3 Å². The SMILES string of the molecule is CC[n+]1c2ccccc2nc2c(OCCCC(=O)NC(CC(=O)[O-])C(=O)O)cccc21. The summed E-state index contributed by atoms with van der Waals surface area (Å²) in [4.78, 5) is 38.3. The van der Waals surface area contributed by atoms with Crippen molar-refractivity contribution in [2.75, 3.05) is 6.61 Å². The van der Waals surface area contributed by atoms with Crippen molar-refractivity contribution in [2.24, 2.45) is 0 Å². The maximum atomic E-state index is 11.9. The van der Waals surface area contributed by atoms with Crippen LogP contribution < -0.4 is 19.7 Å². The van der Waals surface area contributed by atoms with E-state index in [4.69, 9.17) is 14.8 Å². The summed E-state index contributed by atoms with van der Waals surface area (Å²) in [6.45, 7) is 3.04. The summed E-state index contributed by atoms with van der Waals surface area (Å²) in [7, 11) is 0. The van der Waals surface area contributed by atoms with E-state index in [1.807, 2.05) is 42.5 Å². The molecule has 0 aliphatic carbocycles. The fraction of sp³-hybridized carbons (Fsp3) is 0.318. The fourth-order valence-corrected chi connectivity index (χ4v) is 3.38. The molecule has 31 heavy (non-hydrogen) atoms. The molecule has 9 nitrogen and oxygen atoms in total. The molecule has 2 N–H and O–H groups in total. The molecule has 1 unspecified atom stereocenters. The number of nitrogens with zero attached hydrogens (tertiary/aromatic N) is 2. The van der Waals surface area contributed by atoms with Gasteiger partial charge >= 0.3 is 5.97 Å². The standard InChI is InChI=1S/C22H23N3O6/c1-2-25-16-8-4-3-7-14(16)24-21-17(25)9-5-10-18(21)31-12-6-11-19(26)23-15(22(29)30)13-20(27)28/h3-5,7-10,15H,2,6,11-13H2,1H3,(H2-,23,26,27,28,29,30). The number of fused-ring (bicyclic) bond motifs is 2. The number of aryl methyl sites for hydroxylation is 1. The zero-order valence-electron chi connectivity index (χ0n) is 17.0. The third-order valence-corrected chi connectivity index (χ3v) is 4.80. The number of hydrogen-bond donors (Lipinski definition) is 2. The third-order valence-electron chi connectivity index (χ3n) is 4.80. The smallest absolute Gasteiger partial charge is 0.326 e. The van der Waals surface area contributed by atoms with Crippen LogP contribution in [0, 0.1) is 0 Å². The van der Waals surface area contributed by atoms with Crippen molar-refractivity contribution in [1.29, 1.82) is 0 Å². The largest absolute Gasteiger partial charge is 0.550 e. The molecule has 0 aliphatic rings. The van der Waals surface area contributed by atoms with Crippen LogP contribution in [0.4, 0.5) is 0 Å². The van der Waals surface area contributed by atoms with Crippen LogP contribution in [0.3, 0.4) is 0 Å². The van der Waals surface area contributed by atoms with Gasteiger partial charge in [-0.3, -0.25) is 4.79 Å². The lowest BCUT2D eigenvalue weighted by Gasteiger charge is -2.15. The number of aromatic nitrogens is 2. The zero-order valence-corrected chi connectivity index (χ0v) is 17.0. The van der Waals surface area contributed by atoms with Gasteiger partial charge in [0.25, 0.3) is 0 Å². The summed E-state index contributed by atoms with van der Waals surface area (Å²) in [5.41, 5.74) is 3.52. The first-order valence-corrected chi connectivity index (χ1v) is 9.96. The Morgan fingerprint density at radius 2 is 1.90 bits per heavy atom. The zero-order chi connectivity index (χ0) is 22.4. The highest BCUT2D eigenvalue weighted by Gasteiger charge is 2.20. The van der Waals surface area contributed by atoms with Crippen LogP contribution in [0.1, 0.15) is 26.2 Å². The predicted molar refractivity (Wildman–Crippen MR) is 109 cm³/mol. The number of carbonyl (C=O) groups is 3. The first-order chi connectivity index (χ1) is 14.9. The van der Waals surface area contributed by atoms with Crippen LogP contribution in [-0.2, 0) is 20.9 Å². The second-order valence-electron chi connectivity index (χ2n) is 6.96. The Labute approximate surface area is 178 Å². The van der Waals surface area contributed by atoms with Crippen molar-refractivity contribution in [3.63, 3.8) is 0 Å². The van der Waals surface area contributed by atoms with Gasteiger partial charge in [-0.25, -0.2) is 9.78 Å². The van der Waals surface area contributed by atoms with Crippen LogP contribution in [0.2, 0.25) is 0 Å². The summed E-state index contributed by atoms with van der Waals surface area (Å²) in [6.07, 6.45) is -0.473. The fourth-order valence-electron chi connectivity index (χ4n) is 3.38. The Bertz CT molecular complexity index is 1130. The van der Waals surface area contributed by atoms with E-state index in [0.717, 1.165) is 23.1 Å². The van der Waals surface area contributed by atoms with Gasteiger partial charge in [0, 0.05) is 30.9 Å². The Morgan fingerprint density at radius 1 is 1.16 bits per heavy atom. The monoisotopic (exact) mass is 425 g/mol. The number of para-hydroxylation sites is 3. The summed E-state index contributed by atoms with van der Waals surface area (Å²) in [5.74, 6) is -2.95. The Morgan fingerprint density at radius 3 is 2.61 bits per heavy atom. The summed E-state index contributed by atoms with van der Waals surface area (Å²) in [5, 5.41) is 21.7. The molecule has 0 saturated carbocycles. The second-order valence-corrected chi connectivity index (χ2v) is 6.96. The molecule has 0 spiro atoms. The third kappa shape index (κ3) is 5.25. The number of nitrogens with one attached hydrogen (secondary N) is 1. The molecule has 0 fully saturated rings. The second kappa shape index (κ2) is 9.84. The van der Waals surface area contributed by atoms with Gasteiger partial charge in [0.2, 0.25) is 16.9 Å². The summed E-state index contributed by atoms with van der Waals surface area (Å²) < 4.78 is 8.01. The number of hydrogen-bond acceptors (Lipinski definition) is 6. The van der Waals surface area contributed by atoms with Gasteiger partial charge in [-0.2, -0.15) is 4.57 Å². The highest BCUT2D eigenvalue weighted by molar-refractivity contribution is 5.87. The van der Waals surface area contributed by atoms with Crippen molar-refractivity contribution in [2.45, 2.75) is 38.8 Å². The first-order valence-electron chi connectivity index (χ1n) is 9.96. The van der Waals surface area contributed by atoms with Gasteiger partial charge in [0.05, 0.1) is 6.61 Å².